The Morgan fingerprint density at radius 1 is 1.44 bits per heavy atom. The van der Waals surface area contributed by atoms with Gasteiger partial charge >= 0.3 is 0 Å². The Morgan fingerprint density at radius 2 is 2.11 bits per heavy atom. The summed E-state index contributed by atoms with van der Waals surface area (Å²) in [6.45, 7) is 0.690. The van der Waals surface area contributed by atoms with Crippen LogP contribution in [0, 0.1) is 5.82 Å². The first-order valence-corrected chi connectivity index (χ1v) is 7.41. The van der Waals surface area contributed by atoms with Gasteiger partial charge in [0.25, 0.3) is 0 Å². The molecule has 2 rings (SSSR count). The van der Waals surface area contributed by atoms with E-state index < -0.39 is 5.82 Å². The Kier molecular flexibility index (Phi) is 3.82. The molecule has 0 unspecified atom stereocenters. The lowest BCUT2D eigenvalue weighted by Gasteiger charge is -2.40. The molecule has 0 aromatic heterocycles. The van der Waals surface area contributed by atoms with E-state index >= 15 is 0 Å². The van der Waals surface area contributed by atoms with Crippen LogP contribution in [0.5, 0.6) is 0 Å². The minimum absolute atomic E-state index is 0.0708. The summed E-state index contributed by atoms with van der Waals surface area (Å²) in [7, 11) is 0. The fraction of sp³-hybridized carbons (Fsp3) is 0.500. The average Bonchev–Trinajstić information content (AvgIpc) is 2.29. The molecule has 1 aliphatic rings. The van der Waals surface area contributed by atoms with E-state index in [0.717, 1.165) is 12.8 Å². The molecule has 1 aromatic carbocycles. The first kappa shape index (κ1) is 13.6. The summed E-state index contributed by atoms with van der Waals surface area (Å²) in [5.41, 5.74) is 12.0. The smallest absolute Gasteiger partial charge is 0.169 e. The number of nitrogen functional groups attached to an aromatic ring is 2. The van der Waals surface area contributed by atoms with Gasteiger partial charge in [-0.25, -0.2) is 4.39 Å². The van der Waals surface area contributed by atoms with Crippen LogP contribution in [0.1, 0.15) is 19.3 Å². The summed E-state index contributed by atoms with van der Waals surface area (Å²) in [6.07, 6.45) is 5.59. The molecule has 1 saturated carbocycles. The standard InChI is InChI=1S/C12H17ClFN3S/c1-18-12(3-2-4-12)6-17-11-8(16)5-7(15)9(13)10(11)14/h5,17H,2-4,6,15-16H2,1H3. The van der Waals surface area contributed by atoms with Crippen molar-refractivity contribution in [1.82, 2.24) is 0 Å². The second-order valence-corrected chi connectivity index (χ2v) is 6.30. The van der Waals surface area contributed by atoms with E-state index in [4.69, 9.17) is 23.1 Å². The van der Waals surface area contributed by atoms with E-state index in [1.165, 1.54) is 12.5 Å². The monoisotopic (exact) mass is 289 g/mol. The van der Waals surface area contributed by atoms with Gasteiger partial charge in [-0.2, -0.15) is 11.8 Å². The Balaban J connectivity index is 2.17. The number of thioether (sulfide) groups is 1. The maximum absolute atomic E-state index is 14.0. The minimum atomic E-state index is -0.565. The van der Waals surface area contributed by atoms with E-state index in [2.05, 4.69) is 11.6 Å². The van der Waals surface area contributed by atoms with Crippen LogP contribution < -0.4 is 16.8 Å². The van der Waals surface area contributed by atoms with Gasteiger partial charge in [-0.3, -0.25) is 0 Å². The molecule has 1 aromatic rings. The molecule has 1 fully saturated rings. The molecular formula is C12H17ClFN3S. The number of anilines is 3. The Morgan fingerprint density at radius 3 is 2.61 bits per heavy atom. The van der Waals surface area contributed by atoms with Crippen molar-refractivity contribution in [2.45, 2.75) is 24.0 Å². The van der Waals surface area contributed by atoms with E-state index in [0.29, 0.717) is 12.2 Å². The van der Waals surface area contributed by atoms with Crippen molar-refractivity contribution in [3.63, 3.8) is 0 Å². The number of nitrogens with one attached hydrogen (secondary N) is 1. The topological polar surface area (TPSA) is 64.1 Å². The molecule has 1 aliphatic carbocycles. The molecular weight excluding hydrogens is 273 g/mol. The summed E-state index contributed by atoms with van der Waals surface area (Å²) < 4.78 is 14.2. The SMILES string of the molecule is CSC1(CNc2c(N)cc(N)c(Cl)c2F)CCC1. The largest absolute Gasteiger partial charge is 0.397 e. The Hall–Kier alpha value is -0.810. The van der Waals surface area contributed by atoms with Crippen LogP contribution in [0.25, 0.3) is 0 Å². The number of hydrogen-bond acceptors (Lipinski definition) is 4. The fourth-order valence-corrected chi connectivity index (χ4v) is 3.18. The number of rotatable bonds is 4. The highest BCUT2D eigenvalue weighted by Gasteiger charge is 2.36. The predicted octanol–water partition coefficient (Wildman–Crippen LogP) is 3.34. The van der Waals surface area contributed by atoms with Gasteiger partial charge in [0.05, 0.1) is 17.1 Å². The molecule has 3 nitrogen and oxygen atoms in total. The van der Waals surface area contributed by atoms with Crippen molar-refractivity contribution in [3.05, 3.63) is 16.9 Å². The number of hydrogen-bond donors (Lipinski definition) is 3. The van der Waals surface area contributed by atoms with Crippen molar-refractivity contribution in [1.29, 1.82) is 0 Å². The van der Waals surface area contributed by atoms with Crippen molar-refractivity contribution in [3.8, 4) is 0 Å². The van der Waals surface area contributed by atoms with Gasteiger partial charge in [0.2, 0.25) is 0 Å². The highest BCUT2D eigenvalue weighted by molar-refractivity contribution is 8.00. The van der Waals surface area contributed by atoms with Crippen molar-refractivity contribution >= 4 is 40.4 Å². The van der Waals surface area contributed by atoms with E-state index in [-0.39, 0.29) is 21.1 Å². The molecule has 0 aliphatic heterocycles. The predicted molar refractivity (Wildman–Crippen MR) is 78.8 cm³/mol. The van der Waals surface area contributed by atoms with Gasteiger partial charge in [0, 0.05) is 11.3 Å². The minimum Gasteiger partial charge on any atom is -0.397 e. The fourth-order valence-electron chi connectivity index (χ4n) is 2.12. The lowest BCUT2D eigenvalue weighted by atomic mass is 9.84. The molecule has 0 amide bonds. The lowest BCUT2D eigenvalue weighted by molar-refractivity contribution is 0.379. The molecule has 0 heterocycles. The Bertz CT molecular complexity index is 458. The van der Waals surface area contributed by atoms with Gasteiger partial charge in [-0.05, 0) is 25.2 Å². The summed E-state index contributed by atoms with van der Waals surface area (Å²) in [5, 5.41) is 3.01. The van der Waals surface area contributed by atoms with Crippen molar-refractivity contribution in [2.24, 2.45) is 0 Å². The second-order valence-electron chi connectivity index (χ2n) is 4.65. The quantitative estimate of drug-likeness (QED) is 0.744. The highest BCUT2D eigenvalue weighted by atomic mass is 35.5. The van der Waals surface area contributed by atoms with E-state index in [9.17, 15) is 4.39 Å². The lowest BCUT2D eigenvalue weighted by Crippen LogP contribution is -2.40. The third kappa shape index (κ3) is 2.34. The third-order valence-electron chi connectivity index (χ3n) is 3.55. The zero-order chi connectivity index (χ0) is 13.3. The second kappa shape index (κ2) is 5.05. The van der Waals surface area contributed by atoms with Gasteiger partial charge in [0.1, 0.15) is 5.02 Å². The van der Waals surface area contributed by atoms with Gasteiger partial charge < -0.3 is 16.8 Å². The first-order chi connectivity index (χ1) is 8.49. The average molecular weight is 290 g/mol. The van der Waals surface area contributed by atoms with Crippen LogP contribution in [0.4, 0.5) is 21.5 Å². The van der Waals surface area contributed by atoms with Crippen molar-refractivity contribution in [2.75, 3.05) is 29.6 Å². The van der Waals surface area contributed by atoms with Gasteiger partial charge in [0.15, 0.2) is 5.82 Å². The van der Waals surface area contributed by atoms with Crippen LogP contribution in [0.2, 0.25) is 5.02 Å². The molecule has 18 heavy (non-hydrogen) atoms. The molecule has 0 radical (unpaired) electrons. The van der Waals surface area contributed by atoms with Crippen LogP contribution in [-0.2, 0) is 0 Å². The zero-order valence-corrected chi connectivity index (χ0v) is 11.8. The van der Waals surface area contributed by atoms with Crippen LogP contribution in [0.3, 0.4) is 0 Å². The highest BCUT2D eigenvalue weighted by Crippen LogP contribution is 2.43. The summed E-state index contributed by atoms with van der Waals surface area (Å²) >= 11 is 7.60. The Labute approximate surface area is 115 Å². The van der Waals surface area contributed by atoms with E-state index in [1.807, 2.05) is 11.8 Å². The number of halogens is 2. The first-order valence-electron chi connectivity index (χ1n) is 5.81. The van der Waals surface area contributed by atoms with Gasteiger partial charge in [-0.1, -0.05) is 18.0 Å². The maximum atomic E-state index is 14.0. The molecule has 6 heteroatoms. The maximum Gasteiger partial charge on any atom is 0.169 e. The molecule has 0 atom stereocenters. The summed E-state index contributed by atoms with van der Waals surface area (Å²) in [6, 6.07) is 1.49. The molecule has 0 spiro atoms. The third-order valence-corrected chi connectivity index (χ3v) is 5.35. The van der Waals surface area contributed by atoms with Crippen LogP contribution in [-0.4, -0.2) is 17.5 Å². The summed E-state index contributed by atoms with van der Waals surface area (Å²) in [5.74, 6) is -0.565. The van der Waals surface area contributed by atoms with E-state index in [1.54, 1.807) is 0 Å². The summed E-state index contributed by atoms with van der Waals surface area (Å²) in [4.78, 5) is 0. The number of nitrogens with two attached hydrogens (primary N) is 2. The molecule has 5 N–H and O–H groups in total. The van der Waals surface area contributed by atoms with Crippen LogP contribution >= 0.6 is 23.4 Å². The number of benzene rings is 1. The molecule has 0 bridgehead atoms. The van der Waals surface area contributed by atoms with Crippen molar-refractivity contribution < 1.29 is 4.39 Å². The molecule has 100 valence electrons. The molecule has 0 saturated heterocycles. The normalized spacial score (nSPS) is 17.3. The van der Waals surface area contributed by atoms with Crippen LogP contribution in [0.15, 0.2) is 6.07 Å². The zero-order valence-electron chi connectivity index (χ0n) is 10.2. The van der Waals surface area contributed by atoms with Gasteiger partial charge in [-0.15, -0.1) is 0 Å².